The second-order valence-electron chi connectivity index (χ2n) is 4.27. The number of hydrogen-bond donors (Lipinski definition) is 2. The summed E-state index contributed by atoms with van der Waals surface area (Å²) in [7, 11) is 0. The molecule has 0 spiro atoms. The van der Waals surface area contributed by atoms with E-state index in [1.165, 1.54) is 11.3 Å². The number of aromatic nitrogens is 2. The first kappa shape index (κ1) is 13.5. The summed E-state index contributed by atoms with van der Waals surface area (Å²) in [5.41, 5.74) is 7.96. The van der Waals surface area contributed by atoms with Crippen molar-refractivity contribution in [2.24, 2.45) is 0 Å². The third-order valence-electron chi connectivity index (χ3n) is 2.51. The predicted molar refractivity (Wildman–Crippen MR) is 77.4 cm³/mol. The van der Waals surface area contributed by atoms with Crippen molar-refractivity contribution in [3.63, 3.8) is 0 Å². The minimum atomic E-state index is -0.208. The molecule has 0 aliphatic heterocycles. The molecule has 2 rings (SSSR count). The lowest BCUT2D eigenvalue weighted by atomic mass is 10.1. The van der Waals surface area contributed by atoms with Gasteiger partial charge in [-0.05, 0) is 25.5 Å². The van der Waals surface area contributed by atoms with Crippen LogP contribution >= 0.6 is 11.3 Å². The molecule has 0 aliphatic rings. The molecule has 1 amide bonds. The molecular weight excluding hydrogens is 260 g/mol. The number of nitrogens with one attached hydrogen (secondary N) is 1. The monoisotopic (exact) mass is 276 g/mol. The molecule has 0 bridgehead atoms. The zero-order chi connectivity index (χ0) is 13.8. The largest absolute Gasteiger partial charge is 0.384 e. The smallest absolute Gasteiger partial charge is 0.257 e. The third kappa shape index (κ3) is 3.51. The fourth-order valence-corrected chi connectivity index (χ4v) is 2.39. The Hall–Kier alpha value is -1.95. The Morgan fingerprint density at radius 2 is 2.21 bits per heavy atom. The van der Waals surface area contributed by atoms with E-state index >= 15 is 0 Å². The highest BCUT2D eigenvalue weighted by Crippen LogP contribution is 2.17. The van der Waals surface area contributed by atoms with Crippen molar-refractivity contribution in [1.82, 2.24) is 9.97 Å². The molecule has 5 nitrogen and oxygen atoms in total. The van der Waals surface area contributed by atoms with Crippen LogP contribution in [0.15, 0.2) is 17.5 Å². The molecule has 0 radical (unpaired) electrons. The lowest BCUT2D eigenvalue weighted by molar-refractivity contribution is 0.102. The van der Waals surface area contributed by atoms with Gasteiger partial charge in [0.25, 0.3) is 5.91 Å². The normalized spacial score (nSPS) is 10.4. The Kier molecular flexibility index (Phi) is 4.11. The summed E-state index contributed by atoms with van der Waals surface area (Å²) in [6.45, 7) is 3.94. The van der Waals surface area contributed by atoms with Gasteiger partial charge in [-0.3, -0.25) is 10.1 Å². The second kappa shape index (κ2) is 5.79. The van der Waals surface area contributed by atoms with Crippen LogP contribution in [0, 0.1) is 6.92 Å². The first-order chi connectivity index (χ1) is 9.08. The van der Waals surface area contributed by atoms with Gasteiger partial charge in [-0.15, -0.1) is 11.3 Å². The Labute approximate surface area is 115 Å². The summed E-state index contributed by atoms with van der Waals surface area (Å²) in [6, 6.07) is 3.35. The van der Waals surface area contributed by atoms with E-state index < -0.39 is 0 Å². The third-order valence-corrected chi connectivity index (χ3v) is 3.38. The number of pyridine rings is 1. The summed E-state index contributed by atoms with van der Waals surface area (Å²) >= 11 is 1.40. The number of thiazole rings is 1. The quantitative estimate of drug-likeness (QED) is 0.899. The Balaban J connectivity index is 2.18. The minimum Gasteiger partial charge on any atom is -0.384 e. The molecule has 6 heteroatoms. The van der Waals surface area contributed by atoms with E-state index in [9.17, 15) is 4.79 Å². The molecule has 0 saturated heterocycles. The second-order valence-corrected chi connectivity index (χ2v) is 5.13. The first-order valence-corrected chi connectivity index (χ1v) is 6.96. The van der Waals surface area contributed by atoms with E-state index in [0.29, 0.717) is 16.5 Å². The molecule has 2 aromatic heterocycles. The van der Waals surface area contributed by atoms with Gasteiger partial charge in [0.2, 0.25) is 0 Å². The van der Waals surface area contributed by atoms with Gasteiger partial charge < -0.3 is 5.73 Å². The zero-order valence-corrected chi connectivity index (χ0v) is 11.8. The molecule has 2 aromatic rings. The number of hydrogen-bond acceptors (Lipinski definition) is 5. The van der Waals surface area contributed by atoms with Crippen molar-refractivity contribution in [3.8, 4) is 0 Å². The predicted octanol–water partition coefficient (Wildman–Crippen LogP) is 2.63. The van der Waals surface area contributed by atoms with Crippen molar-refractivity contribution >= 4 is 28.2 Å². The topological polar surface area (TPSA) is 80.9 Å². The summed E-state index contributed by atoms with van der Waals surface area (Å²) < 4.78 is 0. The average molecular weight is 276 g/mol. The number of nitrogen functional groups attached to an aromatic ring is 1. The molecule has 0 unspecified atom stereocenters. The van der Waals surface area contributed by atoms with Crippen LogP contribution in [0.25, 0.3) is 0 Å². The van der Waals surface area contributed by atoms with Crippen molar-refractivity contribution in [3.05, 3.63) is 34.5 Å². The van der Waals surface area contributed by atoms with E-state index in [4.69, 9.17) is 5.73 Å². The average Bonchev–Trinajstić information content (AvgIpc) is 2.74. The summed E-state index contributed by atoms with van der Waals surface area (Å²) in [5, 5.41) is 5.24. The molecular formula is C13H16N4OS. The number of amides is 1. The maximum atomic E-state index is 12.1. The van der Waals surface area contributed by atoms with Crippen molar-refractivity contribution in [1.29, 1.82) is 0 Å². The Morgan fingerprint density at radius 3 is 2.84 bits per heavy atom. The van der Waals surface area contributed by atoms with Crippen LogP contribution in [0.5, 0.6) is 0 Å². The lowest BCUT2D eigenvalue weighted by Crippen LogP contribution is -2.13. The van der Waals surface area contributed by atoms with Gasteiger partial charge in [0.1, 0.15) is 5.82 Å². The number of carbonyl (C=O) groups excluding carboxylic acids is 1. The van der Waals surface area contributed by atoms with E-state index in [0.717, 1.165) is 24.2 Å². The van der Waals surface area contributed by atoms with E-state index in [1.54, 1.807) is 12.1 Å². The minimum absolute atomic E-state index is 0.208. The van der Waals surface area contributed by atoms with Crippen molar-refractivity contribution in [2.75, 3.05) is 11.1 Å². The van der Waals surface area contributed by atoms with Crippen LogP contribution in [0.2, 0.25) is 0 Å². The molecule has 0 aliphatic carbocycles. The number of nitrogens with zero attached hydrogens (tertiary/aromatic N) is 2. The van der Waals surface area contributed by atoms with Crippen molar-refractivity contribution < 1.29 is 4.79 Å². The molecule has 0 saturated carbocycles. The zero-order valence-electron chi connectivity index (χ0n) is 10.9. The molecule has 19 heavy (non-hydrogen) atoms. The number of aryl methyl sites for hydroxylation is 2. The van der Waals surface area contributed by atoms with Crippen LogP contribution in [0.1, 0.15) is 35.1 Å². The van der Waals surface area contributed by atoms with E-state index in [1.807, 2.05) is 12.3 Å². The number of rotatable bonds is 4. The van der Waals surface area contributed by atoms with E-state index in [-0.39, 0.29) is 5.91 Å². The maximum Gasteiger partial charge on any atom is 0.257 e. The van der Waals surface area contributed by atoms with Crippen LogP contribution in [-0.4, -0.2) is 15.9 Å². The number of nitrogens with two attached hydrogens (primary N) is 1. The Bertz CT molecular complexity index is 594. The number of anilines is 2. The van der Waals surface area contributed by atoms with Crippen LogP contribution in [0.4, 0.5) is 10.9 Å². The van der Waals surface area contributed by atoms with Gasteiger partial charge in [0.05, 0.1) is 5.69 Å². The molecule has 3 N–H and O–H groups in total. The summed E-state index contributed by atoms with van der Waals surface area (Å²) in [5.74, 6) is 0.159. The van der Waals surface area contributed by atoms with E-state index in [2.05, 4.69) is 22.2 Å². The van der Waals surface area contributed by atoms with Gasteiger partial charge in [-0.2, -0.15) is 0 Å². The highest BCUT2D eigenvalue weighted by molar-refractivity contribution is 7.13. The van der Waals surface area contributed by atoms with Gasteiger partial charge in [-0.25, -0.2) is 9.97 Å². The highest BCUT2D eigenvalue weighted by atomic mass is 32.1. The molecule has 0 aromatic carbocycles. The first-order valence-electron chi connectivity index (χ1n) is 6.08. The Morgan fingerprint density at radius 1 is 1.42 bits per heavy atom. The molecule has 0 fully saturated rings. The summed E-state index contributed by atoms with van der Waals surface area (Å²) in [6.07, 6.45) is 1.77. The van der Waals surface area contributed by atoms with Crippen LogP contribution < -0.4 is 11.1 Å². The van der Waals surface area contributed by atoms with Gasteiger partial charge in [-0.1, -0.05) is 13.3 Å². The number of carbonyl (C=O) groups is 1. The summed E-state index contributed by atoms with van der Waals surface area (Å²) in [4.78, 5) is 20.5. The lowest BCUT2D eigenvalue weighted by Gasteiger charge is -2.05. The molecule has 2 heterocycles. The van der Waals surface area contributed by atoms with Gasteiger partial charge >= 0.3 is 0 Å². The standard InChI is InChI=1S/C13H16N4OS/c1-3-4-10-5-9(6-11(14)16-10)12(18)17-13-15-8(2)7-19-13/h5-7H,3-4H2,1-2H3,(H2,14,16)(H,15,17,18). The maximum absolute atomic E-state index is 12.1. The van der Waals surface area contributed by atoms with Gasteiger partial charge in [0.15, 0.2) is 5.13 Å². The van der Waals surface area contributed by atoms with Crippen LogP contribution in [-0.2, 0) is 6.42 Å². The SMILES string of the molecule is CCCc1cc(C(=O)Nc2nc(C)cs2)cc(N)n1. The molecule has 0 atom stereocenters. The highest BCUT2D eigenvalue weighted by Gasteiger charge is 2.10. The van der Waals surface area contributed by atoms with Crippen LogP contribution in [0.3, 0.4) is 0 Å². The fraction of sp³-hybridized carbons (Fsp3) is 0.308. The fourth-order valence-electron chi connectivity index (χ4n) is 1.71. The van der Waals surface area contributed by atoms with Crippen molar-refractivity contribution in [2.45, 2.75) is 26.7 Å². The van der Waals surface area contributed by atoms with Gasteiger partial charge in [0, 0.05) is 16.6 Å². The molecule has 100 valence electrons.